The summed E-state index contributed by atoms with van der Waals surface area (Å²) in [5.74, 6) is 0.856. The second kappa shape index (κ2) is 15.7. The Morgan fingerprint density at radius 3 is 2.43 bits per heavy atom. The van der Waals surface area contributed by atoms with Gasteiger partial charge in [0.2, 0.25) is 18.2 Å². The van der Waals surface area contributed by atoms with Crippen LogP contribution in [0.2, 0.25) is 0 Å². The first-order valence-electron chi connectivity index (χ1n) is 18.2. The minimum absolute atomic E-state index is 0.225. The van der Waals surface area contributed by atoms with E-state index in [9.17, 15) is 14.4 Å². The second-order valence-corrected chi connectivity index (χ2v) is 16.4. The van der Waals surface area contributed by atoms with Gasteiger partial charge in [0.25, 0.3) is 0 Å². The van der Waals surface area contributed by atoms with E-state index in [4.69, 9.17) is 9.25 Å². The number of likely N-dealkylation sites (tertiary alicyclic amines) is 1. The summed E-state index contributed by atoms with van der Waals surface area (Å²) in [6.45, 7) is 13.2. The molecule has 0 aliphatic carbocycles. The second-order valence-electron chi connectivity index (χ2n) is 15.5. The van der Waals surface area contributed by atoms with Crippen LogP contribution in [0.3, 0.4) is 0 Å². The van der Waals surface area contributed by atoms with Crippen LogP contribution in [0.5, 0.6) is 0 Å². The van der Waals surface area contributed by atoms with Gasteiger partial charge in [0.1, 0.15) is 22.9 Å². The zero-order chi connectivity index (χ0) is 37.8. The monoisotopic (exact) mass is 738 g/mol. The molecule has 12 heteroatoms. The number of nitrogens with zero attached hydrogens (tertiary/aromatic N) is 4. The minimum atomic E-state index is -1.43. The van der Waals surface area contributed by atoms with Gasteiger partial charge in [-0.15, -0.1) is 11.3 Å². The van der Waals surface area contributed by atoms with Crippen LogP contribution in [0.25, 0.3) is 10.1 Å². The van der Waals surface area contributed by atoms with E-state index in [1.807, 2.05) is 58.6 Å². The molecule has 0 bridgehead atoms. The van der Waals surface area contributed by atoms with Crippen LogP contribution in [0.1, 0.15) is 71.3 Å². The van der Waals surface area contributed by atoms with Crippen molar-refractivity contribution in [3.05, 3.63) is 108 Å². The number of hydroxylamine groups is 2. The maximum absolute atomic E-state index is 14.2. The first kappa shape index (κ1) is 38.0. The summed E-state index contributed by atoms with van der Waals surface area (Å²) >= 11 is 1.58. The third-order valence-corrected chi connectivity index (χ3v) is 11.0. The van der Waals surface area contributed by atoms with Crippen molar-refractivity contribution in [2.24, 2.45) is 5.92 Å². The molecule has 1 saturated heterocycles. The number of hydrogen-bond acceptors (Lipinski definition) is 8. The zero-order valence-corrected chi connectivity index (χ0v) is 32.2. The number of amides is 3. The molecular formula is C41H50N6O5S. The zero-order valence-electron chi connectivity index (χ0n) is 31.4. The van der Waals surface area contributed by atoms with Crippen LogP contribution in [0, 0.1) is 5.92 Å². The average Bonchev–Trinajstić information content (AvgIpc) is 3.92. The van der Waals surface area contributed by atoms with Gasteiger partial charge in [-0.05, 0) is 107 Å². The van der Waals surface area contributed by atoms with E-state index < -0.39 is 34.5 Å². The molecule has 1 aliphatic heterocycles. The Labute approximate surface area is 315 Å². The van der Waals surface area contributed by atoms with Crippen molar-refractivity contribution in [2.45, 2.75) is 90.1 Å². The SMILES string of the molecule is CC1CCN(C(Cn2cnc(NC(=O)C(Cc3csc4ccccc34)NC(=O)C(C)(C)N(C=O)OC(C)(C)C)c2)(c2ccccc2)c2ccco2)CC1. The lowest BCUT2D eigenvalue weighted by molar-refractivity contribution is -0.247. The normalized spacial score (nSPS) is 16.2. The van der Waals surface area contributed by atoms with Crippen LogP contribution < -0.4 is 10.6 Å². The number of carbonyl (C=O) groups excluding carboxylic acids is 3. The van der Waals surface area contributed by atoms with Crippen LogP contribution in [0.4, 0.5) is 5.82 Å². The highest BCUT2D eigenvalue weighted by molar-refractivity contribution is 7.17. The largest absolute Gasteiger partial charge is 0.467 e. The lowest BCUT2D eigenvalue weighted by Gasteiger charge is -2.46. The van der Waals surface area contributed by atoms with Gasteiger partial charge >= 0.3 is 0 Å². The Kier molecular flexibility index (Phi) is 11.2. The molecule has 53 heavy (non-hydrogen) atoms. The molecule has 4 heterocycles. The van der Waals surface area contributed by atoms with Crippen molar-refractivity contribution in [3.8, 4) is 0 Å². The van der Waals surface area contributed by atoms with E-state index in [-0.39, 0.29) is 6.42 Å². The summed E-state index contributed by atoms with van der Waals surface area (Å²) in [6, 6.07) is 21.3. The quantitative estimate of drug-likeness (QED) is 0.0930. The van der Waals surface area contributed by atoms with E-state index in [2.05, 4.69) is 51.7 Å². The molecule has 1 fully saturated rings. The number of piperidine rings is 1. The fourth-order valence-electron chi connectivity index (χ4n) is 6.97. The topological polar surface area (TPSA) is 122 Å². The predicted octanol–water partition coefficient (Wildman–Crippen LogP) is 7.00. The molecule has 5 aromatic rings. The molecule has 11 nitrogen and oxygen atoms in total. The summed E-state index contributed by atoms with van der Waals surface area (Å²) in [5, 5.41) is 9.93. The number of aromatic nitrogens is 2. The Balaban J connectivity index is 1.28. The van der Waals surface area contributed by atoms with Gasteiger partial charge in [-0.3, -0.25) is 24.1 Å². The fourth-order valence-corrected chi connectivity index (χ4v) is 7.95. The molecule has 0 saturated carbocycles. The first-order chi connectivity index (χ1) is 25.3. The third-order valence-electron chi connectivity index (χ3n) is 9.98. The number of thiophene rings is 1. The number of hydrogen-bond donors (Lipinski definition) is 2. The highest BCUT2D eigenvalue weighted by Crippen LogP contribution is 2.41. The Morgan fingerprint density at radius 1 is 1.04 bits per heavy atom. The fraction of sp³-hybridized carbons (Fsp3) is 0.415. The van der Waals surface area contributed by atoms with Gasteiger partial charge in [-0.1, -0.05) is 55.5 Å². The molecule has 2 N–H and O–H groups in total. The highest BCUT2D eigenvalue weighted by Gasteiger charge is 2.44. The molecule has 2 unspecified atom stereocenters. The minimum Gasteiger partial charge on any atom is -0.467 e. The van der Waals surface area contributed by atoms with Crippen molar-refractivity contribution in [3.63, 3.8) is 0 Å². The van der Waals surface area contributed by atoms with Crippen LogP contribution in [-0.2, 0) is 37.7 Å². The summed E-state index contributed by atoms with van der Waals surface area (Å²) in [4.78, 5) is 53.1. The number of anilines is 1. The lowest BCUT2D eigenvalue weighted by Crippen LogP contribution is -2.59. The summed E-state index contributed by atoms with van der Waals surface area (Å²) in [6.07, 6.45) is 8.13. The molecule has 0 radical (unpaired) electrons. The van der Waals surface area contributed by atoms with E-state index in [0.29, 0.717) is 24.7 Å². The van der Waals surface area contributed by atoms with Crippen LogP contribution in [0.15, 0.2) is 95.3 Å². The van der Waals surface area contributed by atoms with E-state index in [0.717, 1.165) is 58.0 Å². The molecule has 0 spiro atoms. The van der Waals surface area contributed by atoms with Gasteiger partial charge in [0.15, 0.2) is 5.82 Å². The number of fused-ring (bicyclic) bond motifs is 1. The summed E-state index contributed by atoms with van der Waals surface area (Å²) < 4.78 is 9.25. The number of furan rings is 1. The standard InChI is InChI=1S/C41H50N6O5S/c1-29-18-20-46(21-19-29)41(35-17-12-22-51-35,31-13-8-7-9-14-31)26-45-24-36(42-27-45)44-37(49)33(23-30-25-53-34-16-11-10-15-32(30)34)43-38(50)40(5,6)47(28-48)52-39(2,3)4/h7-17,22,24-25,27-29,33H,18-21,23,26H2,1-6H3,(H,43,50)(H,44,49). The molecule has 3 aromatic heterocycles. The maximum atomic E-state index is 14.2. The van der Waals surface area contributed by atoms with Crippen molar-refractivity contribution in [1.82, 2.24) is 24.8 Å². The predicted molar refractivity (Wildman–Crippen MR) is 207 cm³/mol. The Hall–Kier alpha value is -4.78. The molecule has 280 valence electrons. The van der Waals surface area contributed by atoms with Crippen LogP contribution >= 0.6 is 11.3 Å². The van der Waals surface area contributed by atoms with Crippen molar-refractivity contribution < 1.29 is 23.6 Å². The highest BCUT2D eigenvalue weighted by atomic mass is 32.1. The van der Waals surface area contributed by atoms with Gasteiger partial charge < -0.3 is 19.6 Å². The van der Waals surface area contributed by atoms with Gasteiger partial charge in [-0.25, -0.2) is 10.0 Å². The number of benzene rings is 2. The lowest BCUT2D eigenvalue weighted by atomic mass is 9.82. The van der Waals surface area contributed by atoms with Crippen molar-refractivity contribution >= 4 is 45.5 Å². The van der Waals surface area contributed by atoms with E-state index in [1.54, 1.807) is 58.5 Å². The first-order valence-corrected chi connectivity index (χ1v) is 19.0. The number of rotatable bonds is 14. The molecule has 2 atom stereocenters. The number of nitrogens with one attached hydrogen (secondary N) is 2. The Bertz CT molecular complexity index is 1990. The summed E-state index contributed by atoms with van der Waals surface area (Å²) in [5.41, 5.74) is -0.740. The van der Waals surface area contributed by atoms with Gasteiger partial charge in [0.05, 0.1) is 24.7 Å². The molecular weight excluding hydrogens is 689 g/mol. The average molecular weight is 739 g/mol. The molecule has 3 amide bonds. The smallest absolute Gasteiger partial charge is 0.248 e. The van der Waals surface area contributed by atoms with Crippen molar-refractivity contribution in [2.75, 3.05) is 18.4 Å². The van der Waals surface area contributed by atoms with E-state index >= 15 is 0 Å². The number of imidazole rings is 1. The molecule has 1 aliphatic rings. The molecule has 6 rings (SSSR count). The molecule has 2 aromatic carbocycles. The maximum Gasteiger partial charge on any atom is 0.248 e. The third kappa shape index (κ3) is 8.40. The number of carbonyl (C=O) groups is 3. The summed E-state index contributed by atoms with van der Waals surface area (Å²) in [7, 11) is 0. The van der Waals surface area contributed by atoms with Crippen molar-refractivity contribution in [1.29, 1.82) is 0 Å². The van der Waals surface area contributed by atoms with Crippen LogP contribution in [-0.4, -0.2) is 68.0 Å². The van der Waals surface area contributed by atoms with E-state index in [1.165, 1.54) is 0 Å². The Morgan fingerprint density at radius 2 is 1.75 bits per heavy atom. The van der Waals surface area contributed by atoms with Gasteiger partial charge in [0, 0.05) is 17.3 Å². The van der Waals surface area contributed by atoms with Gasteiger partial charge in [-0.2, -0.15) is 0 Å².